The van der Waals surface area contributed by atoms with Gasteiger partial charge in [-0.05, 0) is 95.1 Å². The van der Waals surface area contributed by atoms with Crippen molar-refractivity contribution in [3.63, 3.8) is 0 Å². The number of nitrogens with zero attached hydrogens (tertiary/aromatic N) is 1. The number of para-hydroxylation sites is 1. The summed E-state index contributed by atoms with van der Waals surface area (Å²) in [6.07, 6.45) is 1.69. The van der Waals surface area contributed by atoms with Crippen molar-refractivity contribution in [1.82, 2.24) is 0 Å². The molecule has 0 amide bonds. The van der Waals surface area contributed by atoms with E-state index in [-0.39, 0.29) is 10.6 Å². The molecule has 4 aromatic carbocycles. The lowest BCUT2D eigenvalue weighted by Gasteiger charge is -2.09. The van der Waals surface area contributed by atoms with E-state index in [1.165, 1.54) is 12.1 Å². The van der Waals surface area contributed by atoms with Gasteiger partial charge < -0.3 is 8.92 Å². The van der Waals surface area contributed by atoms with E-state index in [1.54, 1.807) is 36.5 Å². The van der Waals surface area contributed by atoms with Crippen LogP contribution in [0.2, 0.25) is 0 Å². The highest BCUT2D eigenvalue weighted by molar-refractivity contribution is 9.10. The van der Waals surface area contributed by atoms with E-state index in [2.05, 4.69) is 20.9 Å². The van der Waals surface area contributed by atoms with Crippen LogP contribution in [0.1, 0.15) is 11.1 Å². The molecule has 33 heavy (non-hydrogen) atoms. The van der Waals surface area contributed by atoms with Crippen LogP contribution in [0.25, 0.3) is 0 Å². The first-order chi connectivity index (χ1) is 15.9. The number of hydrogen-bond donors (Lipinski definition) is 0. The quantitative estimate of drug-likeness (QED) is 0.192. The van der Waals surface area contributed by atoms with Gasteiger partial charge in [-0.3, -0.25) is 4.99 Å². The molecule has 7 heteroatoms. The second kappa shape index (κ2) is 10.0. The molecule has 0 heterocycles. The van der Waals surface area contributed by atoms with Crippen LogP contribution in [0.3, 0.4) is 0 Å². The zero-order valence-electron chi connectivity index (χ0n) is 17.7. The molecule has 0 N–H and O–H groups in total. The second-order valence-corrected chi connectivity index (χ2v) is 9.61. The van der Waals surface area contributed by atoms with Gasteiger partial charge in [0, 0.05) is 6.21 Å². The summed E-state index contributed by atoms with van der Waals surface area (Å²) in [5, 5.41) is 0. The molecule has 0 saturated carbocycles. The Morgan fingerprint density at radius 2 is 1.48 bits per heavy atom. The highest BCUT2D eigenvalue weighted by Gasteiger charge is 2.18. The van der Waals surface area contributed by atoms with Crippen LogP contribution in [-0.2, 0) is 10.1 Å². The molecule has 0 spiro atoms. The fourth-order valence-electron chi connectivity index (χ4n) is 2.91. The van der Waals surface area contributed by atoms with Gasteiger partial charge in [0.2, 0.25) is 0 Å². The number of aliphatic imine (C=N–C) groups is 1. The minimum absolute atomic E-state index is 0.102. The number of ether oxygens (including phenoxy) is 1. The van der Waals surface area contributed by atoms with Crippen LogP contribution in [0, 0.1) is 6.92 Å². The molecular weight excluding hydrogens is 502 g/mol. The van der Waals surface area contributed by atoms with E-state index in [4.69, 9.17) is 8.92 Å². The lowest BCUT2D eigenvalue weighted by atomic mass is 10.2. The third kappa shape index (κ3) is 6.09. The van der Waals surface area contributed by atoms with E-state index < -0.39 is 10.1 Å². The Hall–Kier alpha value is -3.42. The van der Waals surface area contributed by atoms with Gasteiger partial charge >= 0.3 is 10.1 Å². The first-order valence-corrected chi connectivity index (χ1v) is 12.3. The molecule has 0 aliphatic heterocycles. The van der Waals surface area contributed by atoms with E-state index in [9.17, 15) is 8.42 Å². The van der Waals surface area contributed by atoms with E-state index >= 15 is 0 Å². The highest BCUT2D eigenvalue weighted by atomic mass is 79.9. The summed E-state index contributed by atoms with van der Waals surface area (Å²) >= 11 is 3.38. The average Bonchev–Trinajstić information content (AvgIpc) is 2.81. The van der Waals surface area contributed by atoms with Gasteiger partial charge in [0.15, 0.2) is 5.75 Å². The van der Waals surface area contributed by atoms with Gasteiger partial charge in [-0.25, -0.2) is 0 Å². The van der Waals surface area contributed by atoms with Gasteiger partial charge in [-0.15, -0.1) is 0 Å². The molecule has 0 aliphatic carbocycles. The van der Waals surface area contributed by atoms with E-state index in [0.717, 1.165) is 28.3 Å². The number of benzene rings is 4. The van der Waals surface area contributed by atoms with Crippen molar-refractivity contribution in [3.8, 4) is 17.2 Å². The van der Waals surface area contributed by atoms with Crippen molar-refractivity contribution in [2.75, 3.05) is 0 Å². The maximum Gasteiger partial charge on any atom is 0.339 e. The zero-order chi connectivity index (χ0) is 23.3. The molecule has 0 radical (unpaired) electrons. The Kier molecular flexibility index (Phi) is 6.91. The first-order valence-electron chi connectivity index (χ1n) is 10.1. The largest absolute Gasteiger partial charge is 0.457 e. The minimum atomic E-state index is -3.92. The van der Waals surface area contributed by atoms with Crippen molar-refractivity contribution < 1.29 is 17.3 Å². The van der Waals surface area contributed by atoms with Gasteiger partial charge in [0.05, 0.1) is 10.2 Å². The summed E-state index contributed by atoms with van der Waals surface area (Å²) in [5.41, 5.74) is 2.51. The number of aryl methyl sites for hydroxylation is 1. The lowest BCUT2D eigenvalue weighted by molar-refractivity contribution is 0.482. The van der Waals surface area contributed by atoms with Crippen molar-refractivity contribution >= 4 is 38.0 Å². The van der Waals surface area contributed by atoms with Crippen molar-refractivity contribution in [1.29, 1.82) is 0 Å². The SMILES string of the molecule is Cc1ccc(S(=O)(=O)Oc2ccc(C=Nc3ccc(Oc4ccccc4)cc3)cc2Br)cc1. The summed E-state index contributed by atoms with van der Waals surface area (Å²) in [7, 11) is -3.92. The van der Waals surface area contributed by atoms with Crippen molar-refractivity contribution in [3.05, 3.63) is 113 Å². The van der Waals surface area contributed by atoms with E-state index in [0.29, 0.717) is 4.47 Å². The molecule has 0 bridgehead atoms. The summed E-state index contributed by atoms with van der Waals surface area (Å²) < 4.78 is 36.6. The number of hydrogen-bond acceptors (Lipinski definition) is 5. The summed E-state index contributed by atoms with van der Waals surface area (Å²) in [4.78, 5) is 4.57. The predicted molar refractivity (Wildman–Crippen MR) is 133 cm³/mol. The van der Waals surface area contributed by atoms with Crippen LogP contribution in [0.4, 0.5) is 5.69 Å². The monoisotopic (exact) mass is 521 g/mol. The molecule has 0 saturated heterocycles. The molecule has 0 fully saturated rings. The summed E-state index contributed by atoms with van der Waals surface area (Å²) in [6, 6.07) is 28.5. The number of rotatable bonds is 7. The molecule has 0 aliphatic rings. The maximum atomic E-state index is 12.5. The van der Waals surface area contributed by atoms with Crippen molar-refractivity contribution in [2.45, 2.75) is 11.8 Å². The molecule has 5 nitrogen and oxygen atoms in total. The van der Waals surface area contributed by atoms with Gasteiger partial charge in [0.25, 0.3) is 0 Å². The maximum absolute atomic E-state index is 12.5. The Labute approximate surface area is 201 Å². The molecule has 166 valence electrons. The standard InChI is InChI=1S/C26H20BrNO4S/c1-19-7-14-24(15-8-19)33(29,30)32-26-16-9-20(17-25(26)27)18-28-21-10-12-23(13-11-21)31-22-5-3-2-4-6-22/h2-18H,1H3. The highest BCUT2D eigenvalue weighted by Crippen LogP contribution is 2.29. The Bertz CT molecular complexity index is 1370. The normalized spacial score (nSPS) is 11.5. The minimum Gasteiger partial charge on any atom is -0.457 e. The first kappa shape index (κ1) is 22.8. The second-order valence-electron chi connectivity index (χ2n) is 7.21. The van der Waals surface area contributed by atoms with Crippen LogP contribution in [-0.4, -0.2) is 14.6 Å². The average molecular weight is 522 g/mol. The topological polar surface area (TPSA) is 65.0 Å². The smallest absolute Gasteiger partial charge is 0.339 e. The Balaban J connectivity index is 1.43. The predicted octanol–water partition coefficient (Wildman–Crippen LogP) is 7.07. The van der Waals surface area contributed by atoms with E-state index in [1.807, 2.05) is 61.5 Å². The summed E-state index contributed by atoms with van der Waals surface area (Å²) in [5.74, 6) is 1.69. The third-order valence-corrected chi connectivity index (χ3v) is 6.51. The van der Waals surface area contributed by atoms with Gasteiger partial charge in [-0.1, -0.05) is 35.9 Å². The van der Waals surface area contributed by atoms with Crippen molar-refractivity contribution in [2.24, 2.45) is 4.99 Å². The molecular formula is C26H20BrNO4S. The molecule has 4 aromatic rings. The Morgan fingerprint density at radius 3 is 2.15 bits per heavy atom. The number of halogens is 1. The molecule has 0 unspecified atom stereocenters. The zero-order valence-corrected chi connectivity index (χ0v) is 20.1. The van der Waals surface area contributed by atoms with Crippen LogP contribution in [0.5, 0.6) is 17.2 Å². The molecule has 4 rings (SSSR count). The van der Waals surface area contributed by atoms with Crippen LogP contribution in [0.15, 0.2) is 111 Å². The fourth-order valence-corrected chi connectivity index (χ4v) is 4.44. The fraction of sp³-hybridized carbons (Fsp3) is 0.0385. The molecule has 0 atom stereocenters. The third-order valence-electron chi connectivity index (χ3n) is 4.64. The van der Waals surface area contributed by atoms with Gasteiger partial charge in [0.1, 0.15) is 16.4 Å². The van der Waals surface area contributed by atoms with Crippen LogP contribution >= 0.6 is 15.9 Å². The van der Waals surface area contributed by atoms with Gasteiger partial charge in [-0.2, -0.15) is 8.42 Å². The lowest BCUT2D eigenvalue weighted by Crippen LogP contribution is -2.10. The molecule has 0 aromatic heterocycles. The van der Waals surface area contributed by atoms with Crippen LogP contribution < -0.4 is 8.92 Å². The Morgan fingerprint density at radius 1 is 0.818 bits per heavy atom. The summed E-state index contributed by atoms with van der Waals surface area (Å²) in [6.45, 7) is 1.89.